The molecule has 63 heavy (non-hydrogen) atoms. The van der Waals surface area contributed by atoms with Crippen LogP contribution in [0.2, 0.25) is 0 Å². The molecule has 0 fully saturated rings. The van der Waals surface area contributed by atoms with Gasteiger partial charge in [0.15, 0.2) is 11.7 Å². The quantitative estimate of drug-likeness (QED) is 0.108. The summed E-state index contributed by atoms with van der Waals surface area (Å²) in [6, 6.07) is 41.8. The Labute approximate surface area is 369 Å². The van der Waals surface area contributed by atoms with Gasteiger partial charge in [0.2, 0.25) is 0 Å². The number of nitrogens with one attached hydrogen (secondary N) is 1. The van der Waals surface area contributed by atoms with Crippen LogP contribution < -0.4 is 9.05 Å². The summed E-state index contributed by atoms with van der Waals surface area (Å²) in [7, 11) is -4.58. The molecule has 5 aromatic carbocycles. The SMILES string of the molecule is CC[C](CC)(OP(=O)(Oc1ccccc1)Oc1ccccc1)[Al]1[N]2C(=N)c3ccccc3C2=NC2=NC(=Nc3c4ccccc4c(N=C4N=Cc5ccccc54)[n]31)C1=CC=CCC12. The molecule has 1 aromatic heterocycles. The lowest BCUT2D eigenvalue weighted by atomic mass is 9.92. The highest BCUT2D eigenvalue weighted by atomic mass is 31.2. The lowest BCUT2D eigenvalue weighted by Gasteiger charge is -2.42. The number of aromatic nitrogens is 1. The minimum Gasteiger partial charge on any atom is -0.395 e. The fourth-order valence-electron chi connectivity index (χ4n) is 9.13. The predicted octanol–water partition coefficient (Wildman–Crippen LogP) is 10.9. The van der Waals surface area contributed by atoms with E-state index in [1.165, 1.54) is 0 Å². The Morgan fingerprint density at radius 2 is 1.41 bits per heavy atom. The molecule has 5 heterocycles. The summed E-state index contributed by atoms with van der Waals surface area (Å²) in [6.45, 7) is 4.04. The molecule has 0 amide bonds. The van der Waals surface area contributed by atoms with Crippen LogP contribution in [0.15, 0.2) is 182 Å². The highest BCUT2D eigenvalue weighted by Gasteiger charge is 2.61. The normalized spacial score (nSPS) is 18.0. The molecule has 0 radical (unpaired) electrons. The minimum atomic E-state index is -4.58. The van der Waals surface area contributed by atoms with Gasteiger partial charge in [-0.2, -0.15) is 0 Å². The molecule has 12 nitrogen and oxygen atoms in total. The van der Waals surface area contributed by atoms with Crippen LogP contribution in [0.25, 0.3) is 10.8 Å². The molecule has 11 rings (SSSR count). The number of aliphatic imine (C=N–C) groups is 5. The van der Waals surface area contributed by atoms with Crippen LogP contribution in [-0.4, -0.2) is 61.9 Å². The third-order valence-corrected chi connectivity index (χ3v) is 17.7. The van der Waals surface area contributed by atoms with Crippen molar-refractivity contribution in [3.8, 4) is 11.5 Å². The average Bonchev–Trinajstić information content (AvgIpc) is 4.05. The summed E-state index contributed by atoms with van der Waals surface area (Å²) in [5.41, 5.74) is 4.31. The van der Waals surface area contributed by atoms with Gasteiger partial charge in [-0.25, -0.2) is 29.5 Å². The van der Waals surface area contributed by atoms with E-state index in [0.717, 1.165) is 33.0 Å². The molecule has 2 bridgehead atoms. The summed E-state index contributed by atoms with van der Waals surface area (Å²) >= 11 is -3.41. The first-order valence-electron chi connectivity index (χ1n) is 21.1. The molecule has 0 saturated carbocycles. The number of amidine groups is 5. The van der Waals surface area contributed by atoms with Crippen molar-refractivity contribution < 1.29 is 18.1 Å². The van der Waals surface area contributed by atoms with Gasteiger partial charge in [0, 0.05) is 44.8 Å². The Morgan fingerprint density at radius 3 is 2.13 bits per heavy atom. The van der Waals surface area contributed by atoms with Gasteiger partial charge in [0.05, 0.1) is 10.4 Å². The molecule has 0 saturated heterocycles. The lowest BCUT2D eigenvalue weighted by Crippen LogP contribution is -2.63. The van der Waals surface area contributed by atoms with Crippen LogP contribution in [-0.2, 0) is 9.09 Å². The number of fused-ring (bicyclic) bond motifs is 11. The maximum Gasteiger partial charge on any atom is 0.624 e. The Morgan fingerprint density at radius 1 is 0.778 bits per heavy atom. The Bertz CT molecular complexity index is 3090. The van der Waals surface area contributed by atoms with Crippen molar-refractivity contribution in [2.75, 3.05) is 0 Å². The summed E-state index contributed by atoms with van der Waals surface area (Å²) in [6.07, 6.45) is 9.43. The van der Waals surface area contributed by atoms with E-state index in [1.807, 2.05) is 139 Å². The van der Waals surface area contributed by atoms with E-state index in [2.05, 4.69) is 15.7 Å². The Balaban J connectivity index is 1.24. The van der Waals surface area contributed by atoms with Crippen LogP contribution in [0.1, 0.15) is 55.4 Å². The Hall–Kier alpha value is -6.74. The maximum absolute atomic E-state index is 15.8. The second-order valence-corrected chi connectivity index (χ2v) is 20.1. The van der Waals surface area contributed by atoms with Crippen LogP contribution in [0, 0.1) is 11.3 Å². The van der Waals surface area contributed by atoms with E-state index in [0.29, 0.717) is 71.3 Å². The van der Waals surface area contributed by atoms with Crippen LogP contribution in [0.5, 0.6) is 11.5 Å². The van der Waals surface area contributed by atoms with Gasteiger partial charge in [-0.1, -0.05) is 141 Å². The van der Waals surface area contributed by atoms with Gasteiger partial charge in [-0.15, -0.1) is 0 Å². The fourth-order valence-corrected chi connectivity index (χ4v) is 15.0. The molecule has 1 N–H and O–H groups in total. The van der Waals surface area contributed by atoms with E-state index in [-0.39, 0.29) is 11.8 Å². The number of rotatable bonds is 10. The number of para-hydroxylation sites is 2. The first kappa shape index (κ1) is 39.1. The molecule has 14 heteroatoms. The molecule has 5 aliphatic rings. The number of benzene rings is 5. The zero-order chi connectivity index (χ0) is 42.7. The standard InChI is InChI=1S/C32H20N8.C17H20O4P.Al/c33-26-20-11-3-4-12-21(20)28(35-26)37-30-24-15-7-8-16-25(24)32(39-30)40-31-23-14-6-5-13-22(23)29(38-31)36-27-19-10-2-1-9-18(19)17-34-27;1-3-15(4-2)19-22(18,20-16-11-7-5-8-12-16)21-17-13-9-6-10-14-17;/h1-14,16-17,24H,15H2,(H-,33,35,37,39,40);5-14H,3-4H2,1-2H3;/q-2;;+2. The maximum atomic E-state index is 15.8. The van der Waals surface area contributed by atoms with E-state index in [9.17, 15) is 5.41 Å². The van der Waals surface area contributed by atoms with Crippen molar-refractivity contribution in [2.45, 2.75) is 37.6 Å². The monoisotopic (exact) mass is 862 g/mol. The molecule has 0 spiro atoms. The van der Waals surface area contributed by atoms with Crippen LogP contribution in [0.4, 0.5) is 11.6 Å². The third-order valence-electron chi connectivity index (χ3n) is 12.2. The largest absolute Gasteiger partial charge is 0.624 e. The van der Waals surface area contributed by atoms with Crippen LogP contribution >= 0.6 is 7.82 Å². The van der Waals surface area contributed by atoms with Crippen molar-refractivity contribution in [3.63, 3.8) is 0 Å². The molecule has 4 aliphatic heterocycles. The van der Waals surface area contributed by atoms with Crippen molar-refractivity contribution in [2.24, 2.45) is 30.9 Å². The minimum absolute atomic E-state index is 0.140. The topological polar surface area (TPSA) is 139 Å². The smallest absolute Gasteiger partial charge is 0.395 e. The number of hydrogen-bond donors (Lipinski definition) is 1. The van der Waals surface area contributed by atoms with Crippen LogP contribution in [0.3, 0.4) is 0 Å². The highest BCUT2D eigenvalue weighted by Crippen LogP contribution is 2.56. The van der Waals surface area contributed by atoms with E-state index < -0.39 is 26.9 Å². The van der Waals surface area contributed by atoms with E-state index >= 15 is 4.57 Å². The van der Waals surface area contributed by atoms with Gasteiger partial charge >= 0.3 is 22.4 Å². The molecule has 6 aromatic rings. The first-order valence-corrected chi connectivity index (χ1v) is 24.2. The molecular weight excluding hydrogens is 823 g/mol. The van der Waals surface area contributed by atoms with Gasteiger partial charge in [0.1, 0.15) is 40.6 Å². The predicted molar refractivity (Wildman–Crippen MR) is 251 cm³/mol. The summed E-state index contributed by atoms with van der Waals surface area (Å²) in [4.78, 5) is 26.5. The molecule has 1 atom stereocenters. The number of phosphoric ester groups is 1. The highest BCUT2D eigenvalue weighted by molar-refractivity contribution is 7.49. The van der Waals surface area contributed by atoms with Gasteiger partial charge in [-0.05, 0) is 43.5 Å². The number of nitrogens with zero attached hydrogens (tertiary/aromatic N) is 7. The van der Waals surface area contributed by atoms with E-state index in [4.69, 9.17) is 38.5 Å². The first-order chi connectivity index (χ1) is 30.9. The number of hydrogen-bond acceptors (Lipinski definition) is 9. The van der Waals surface area contributed by atoms with Gasteiger partial charge in [-0.3, -0.25) is 9.93 Å². The van der Waals surface area contributed by atoms with Crippen molar-refractivity contribution >= 4 is 80.2 Å². The molecule has 1 unspecified atom stereocenters. The molecule has 1 aliphatic carbocycles. The Kier molecular flexibility index (Phi) is 9.66. The van der Waals surface area contributed by atoms with Gasteiger partial charge in [0.25, 0.3) is 0 Å². The zero-order valence-electron chi connectivity index (χ0n) is 34.5. The summed E-state index contributed by atoms with van der Waals surface area (Å²) < 4.78 is 38.7. The second kappa shape index (κ2) is 15.6. The summed E-state index contributed by atoms with van der Waals surface area (Å²) in [5, 5.41) is 11.9. The third kappa shape index (κ3) is 6.59. The number of allylic oxidation sites excluding steroid dienone is 3. The van der Waals surface area contributed by atoms with Crippen molar-refractivity contribution in [1.82, 2.24) is 7.43 Å². The number of phosphoric acid groups is 1. The molecular formula is C49H40AlN8O4P. The second-order valence-electron chi connectivity index (χ2n) is 15.8. The van der Waals surface area contributed by atoms with Crippen molar-refractivity contribution in [3.05, 3.63) is 180 Å². The van der Waals surface area contributed by atoms with Gasteiger partial charge < -0.3 is 16.5 Å². The molecule has 308 valence electrons. The lowest BCUT2D eigenvalue weighted by molar-refractivity contribution is 0.0900. The summed E-state index contributed by atoms with van der Waals surface area (Å²) in [5.74, 6) is 4.16. The fraction of sp³-hybridized carbons (Fsp3) is 0.143. The average molecular weight is 863 g/mol. The zero-order valence-corrected chi connectivity index (χ0v) is 36.5. The van der Waals surface area contributed by atoms with E-state index in [1.54, 1.807) is 24.3 Å². The van der Waals surface area contributed by atoms with Crippen molar-refractivity contribution in [1.29, 1.82) is 5.41 Å².